The van der Waals surface area contributed by atoms with E-state index in [2.05, 4.69) is 19.2 Å². The fourth-order valence-corrected chi connectivity index (χ4v) is 2.24. The van der Waals surface area contributed by atoms with Gasteiger partial charge in [-0.25, -0.2) is 4.79 Å². The number of aromatic carboxylic acids is 1. The summed E-state index contributed by atoms with van der Waals surface area (Å²) in [4.78, 5) is 23.0. The number of furan rings is 1. The SMILES string of the molecule is Cc1oc(CNC(=O)Cc2ccc(OCC(C)C)cc2)cc1C(=O)O. The minimum atomic E-state index is -1.04. The number of hydrogen-bond acceptors (Lipinski definition) is 4. The lowest BCUT2D eigenvalue weighted by molar-refractivity contribution is -0.120. The van der Waals surface area contributed by atoms with Crippen LogP contribution in [0.1, 0.15) is 41.3 Å². The number of hydrogen-bond donors (Lipinski definition) is 2. The summed E-state index contributed by atoms with van der Waals surface area (Å²) in [5.74, 6) is 0.775. The molecule has 0 saturated heterocycles. The molecule has 0 atom stereocenters. The standard InChI is InChI=1S/C19H23NO5/c1-12(2)11-24-15-6-4-14(5-7-15)8-18(21)20-10-16-9-17(19(22)23)13(3)25-16/h4-7,9,12H,8,10-11H2,1-3H3,(H,20,21)(H,22,23). The first-order chi connectivity index (χ1) is 11.8. The molecule has 0 spiro atoms. The van der Waals surface area contributed by atoms with Gasteiger partial charge in [-0.1, -0.05) is 26.0 Å². The number of carbonyl (C=O) groups is 2. The van der Waals surface area contributed by atoms with E-state index in [4.69, 9.17) is 14.3 Å². The number of benzene rings is 1. The smallest absolute Gasteiger partial charge is 0.339 e. The molecule has 134 valence electrons. The predicted molar refractivity (Wildman–Crippen MR) is 92.7 cm³/mol. The van der Waals surface area contributed by atoms with E-state index < -0.39 is 5.97 Å². The zero-order valence-electron chi connectivity index (χ0n) is 14.7. The van der Waals surface area contributed by atoms with Crippen LogP contribution in [-0.4, -0.2) is 23.6 Å². The topological polar surface area (TPSA) is 88.8 Å². The van der Waals surface area contributed by atoms with E-state index in [1.165, 1.54) is 6.07 Å². The van der Waals surface area contributed by atoms with Crippen LogP contribution < -0.4 is 10.1 Å². The van der Waals surface area contributed by atoms with Gasteiger partial charge < -0.3 is 19.6 Å². The number of rotatable bonds is 8. The van der Waals surface area contributed by atoms with Gasteiger partial charge in [-0.3, -0.25) is 4.79 Å². The average molecular weight is 345 g/mol. The van der Waals surface area contributed by atoms with E-state index in [9.17, 15) is 9.59 Å². The van der Waals surface area contributed by atoms with E-state index in [-0.39, 0.29) is 24.4 Å². The minimum Gasteiger partial charge on any atom is -0.493 e. The molecule has 0 saturated carbocycles. The highest BCUT2D eigenvalue weighted by molar-refractivity contribution is 5.88. The molecule has 0 radical (unpaired) electrons. The first kappa shape index (κ1) is 18.6. The Morgan fingerprint density at radius 1 is 1.24 bits per heavy atom. The lowest BCUT2D eigenvalue weighted by atomic mass is 10.1. The van der Waals surface area contributed by atoms with Crippen molar-refractivity contribution in [2.24, 2.45) is 5.92 Å². The molecular formula is C19H23NO5. The van der Waals surface area contributed by atoms with Gasteiger partial charge in [0.05, 0.1) is 19.6 Å². The van der Waals surface area contributed by atoms with Gasteiger partial charge in [0.1, 0.15) is 22.8 Å². The molecule has 0 unspecified atom stereocenters. The Morgan fingerprint density at radius 2 is 1.92 bits per heavy atom. The van der Waals surface area contributed by atoms with Gasteiger partial charge in [0.25, 0.3) is 0 Å². The van der Waals surface area contributed by atoms with Crippen LogP contribution in [0.3, 0.4) is 0 Å². The molecule has 1 amide bonds. The van der Waals surface area contributed by atoms with Crippen LogP contribution in [0, 0.1) is 12.8 Å². The Bertz CT molecular complexity index is 731. The van der Waals surface area contributed by atoms with Crippen LogP contribution >= 0.6 is 0 Å². The maximum atomic E-state index is 12.0. The van der Waals surface area contributed by atoms with Gasteiger partial charge in [-0.2, -0.15) is 0 Å². The van der Waals surface area contributed by atoms with E-state index in [1.807, 2.05) is 24.3 Å². The predicted octanol–water partition coefficient (Wildman–Crippen LogP) is 3.18. The Hall–Kier alpha value is -2.76. The Morgan fingerprint density at radius 3 is 2.48 bits per heavy atom. The molecule has 0 aliphatic carbocycles. The lowest BCUT2D eigenvalue weighted by Crippen LogP contribution is -2.24. The summed E-state index contributed by atoms with van der Waals surface area (Å²) < 4.78 is 10.9. The largest absolute Gasteiger partial charge is 0.493 e. The molecule has 0 bridgehead atoms. The van der Waals surface area contributed by atoms with E-state index in [0.29, 0.717) is 24.0 Å². The Labute approximate surface area is 146 Å². The molecule has 0 fully saturated rings. The van der Waals surface area contributed by atoms with Crippen molar-refractivity contribution < 1.29 is 23.8 Å². The Balaban J connectivity index is 1.83. The first-order valence-electron chi connectivity index (χ1n) is 8.16. The Kier molecular flexibility index (Phi) is 6.22. The molecule has 1 aromatic heterocycles. The number of ether oxygens (including phenoxy) is 1. The fourth-order valence-electron chi connectivity index (χ4n) is 2.24. The van der Waals surface area contributed by atoms with Crippen LogP contribution in [0.25, 0.3) is 0 Å². The average Bonchev–Trinajstić information content (AvgIpc) is 2.93. The molecule has 1 heterocycles. The van der Waals surface area contributed by atoms with Crippen LogP contribution in [0.5, 0.6) is 5.75 Å². The van der Waals surface area contributed by atoms with Crippen molar-refractivity contribution in [1.82, 2.24) is 5.32 Å². The molecule has 0 aliphatic heterocycles. The summed E-state index contributed by atoms with van der Waals surface area (Å²) in [6.07, 6.45) is 0.232. The second-order valence-electron chi connectivity index (χ2n) is 6.29. The minimum absolute atomic E-state index is 0.112. The van der Waals surface area contributed by atoms with Crippen molar-refractivity contribution in [2.75, 3.05) is 6.61 Å². The molecule has 2 rings (SSSR count). The monoisotopic (exact) mass is 345 g/mol. The second kappa shape index (κ2) is 8.37. The molecule has 2 aromatic rings. The van der Waals surface area contributed by atoms with Gasteiger partial charge in [-0.15, -0.1) is 0 Å². The van der Waals surface area contributed by atoms with Crippen molar-refractivity contribution >= 4 is 11.9 Å². The van der Waals surface area contributed by atoms with Crippen molar-refractivity contribution in [3.8, 4) is 5.75 Å². The van der Waals surface area contributed by atoms with Gasteiger partial charge in [0.2, 0.25) is 5.91 Å². The van der Waals surface area contributed by atoms with Crippen LogP contribution in [0.2, 0.25) is 0 Å². The fraction of sp³-hybridized carbons (Fsp3) is 0.368. The third-order valence-corrected chi connectivity index (χ3v) is 3.53. The summed E-state index contributed by atoms with van der Waals surface area (Å²) in [7, 11) is 0. The number of amides is 1. The number of carboxylic acid groups (broad SMARTS) is 1. The van der Waals surface area contributed by atoms with Crippen molar-refractivity contribution in [2.45, 2.75) is 33.7 Å². The molecule has 6 heteroatoms. The second-order valence-corrected chi connectivity index (χ2v) is 6.29. The van der Waals surface area contributed by atoms with Crippen molar-refractivity contribution in [1.29, 1.82) is 0 Å². The molecular weight excluding hydrogens is 322 g/mol. The molecule has 1 aromatic carbocycles. The maximum absolute atomic E-state index is 12.0. The van der Waals surface area contributed by atoms with Gasteiger partial charge in [0.15, 0.2) is 0 Å². The van der Waals surface area contributed by atoms with Crippen LogP contribution in [-0.2, 0) is 17.8 Å². The van der Waals surface area contributed by atoms with Gasteiger partial charge >= 0.3 is 5.97 Å². The van der Waals surface area contributed by atoms with Crippen LogP contribution in [0.15, 0.2) is 34.7 Å². The van der Waals surface area contributed by atoms with Gasteiger partial charge in [-0.05, 0) is 36.6 Å². The molecule has 25 heavy (non-hydrogen) atoms. The van der Waals surface area contributed by atoms with E-state index in [1.54, 1.807) is 6.92 Å². The third-order valence-electron chi connectivity index (χ3n) is 3.53. The number of carboxylic acids is 1. The summed E-state index contributed by atoms with van der Waals surface area (Å²) >= 11 is 0. The van der Waals surface area contributed by atoms with E-state index in [0.717, 1.165) is 11.3 Å². The summed E-state index contributed by atoms with van der Waals surface area (Å²) in [6.45, 7) is 6.55. The molecule has 0 aliphatic rings. The van der Waals surface area contributed by atoms with Crippen molar-refractivity contribution in [3.05, 3.63) is 53.0 Å². The van der Waals surface area contributed by atoms with Crippen LogP contribution in [0.4, 0.5) is 0 Å². The zero-order chi connectivity index (χ0) is 18.4. The van der Waals surface area contributed by atoms with E-state index >= 15 is 0 Å². The highest BCUT2D eigenvalue weighted by Crippen LogP contribution is 2.15. The lowest BCUT2D eigenvalue weighted by Gasteiger charge is -2.09. The van der Waals surface area contributed by atoms with Gasteiger partial charge in [0, 0.05) is 0 Å². The first-order valence-corrected chi connectivity index (χ1v) is 8.16. The maximum Gasteiger partial charge on any atom is 0.339 e. The number of carbonyl (C=O) groups excluding carboxylic acids is 1. The highest BCUT2D eigenvalue weighted by atomic mass is 16.5. The number of nitrogens with one attached hydrogen (secondary N) is 1. The quantitative estimate of drug-likeness (QED) is 0.767. The number of aryl methyl sites for hydroxylation is 1. The summed E-state index contributed by atoms with van der Waals surface area (Å²) in [5.41, 5.74) is 0.984. The highest BCUT2D eigenvalue weighted by Gasteiger charge is 2.14. The third kappa shape index (κ3) is 5.67. The molecule has 6 nitrogen and oxygen atoms in total. The molecule has 2 N–H and O–H groups in total. The normalized spacial score (nSPS) is 10.7. The summed E-state index contributed by atoms with van der Waals surface area (Å²) in [6, 6.07) is 8.84. The van der Waals surface area contributed by atoms with Crippen molar-refractivity contribution in [3.63, 3.8) is 0 Å². The zero-order valence-corrected chi connectivity index (χ0v) is 14.7. The summed E-state index contributed by atoms with van der Waals surface area (Å²) in [5, 5.41) is 11.7.